The summed E-state index contributed by atoms with van der Waals surface area (Å²) in [7, 11) is 0. The lowest BCUT2D eigenvalue weighted by molar-refractivity contribution is -0.138. The smallest absolute Gasteiger partial charge is 0.418 e. The minimum atomic E-state index is -4.51. The van der Waals surface area contributed by atoms with E-state index in [1.165, 1.54) is 12.1 Å². The topological polar surface area (TPSA) is 49.3 Å². The Labute approximate surface area is 97.4 Å². The van der Waals surface area contributed by atoms with Crippen LogP contribution in [0, 0.1) is 0 Å². The summed E-state index contributed by atoms with van der Waals surface area (Å²) >= 11 is 3.02. The maximum atomic E-state index is 12.5. The Morgan fingerprint density at radius 3 is 2.56 bits per heavy atom. The number of hydrogen-bond donors (Lipinski definition) is 2. The van der Waals surface area contributed by atoms with E-state index in [1.807, 2.05) is 0 Å². The second kappa shape index (κ2) is 4.73. The van der Waals surface area contributed by atoms with E-state index in [4.69, 9.17) is 5.11 Å². The first-order valence-electron chi connectivity index (χ1n) is 4.13. The van der Waals surface area contributed by atoms with E-state index in [0.29, 0.717) is 4.47 Å². The Kier molecular flexibility index (Phi) is 3.79. The molecule has 1 aromatic rings. The number of carbonyl (C=O) groups is 1. The van der Waals surface area contributed by atoms with E-state index in [9.17, 15) is 18.0 Å². The van der Waals surface area contributed by atoms with E-state index in [1.54, 1.807) is 0 Å². The number of carboxylic acid groups (broad SMARTS) is 1. The van der Waals surface area contributed by atoms with Gasteiger partial charge < -0.3 is 10.4 Å². The predicted molar refractivity (Wildman–Crippen MR) is 55.3 cm³/mol. The number of nitrogens with one attached hydrogen (secondary N) is 1. The summed E-state index contributed by atoms with van der Waals surface area (Å²) in [5.74, 6) is -1.23. The van der Waals surface area contributed by atoms with Crippen molar-refractivity contribution < 1.29 is 23.1 Å². The number of carboxylic acids is 1. The highest BCUT2D eigenvalue weighted by molar-refractivity contribution is 9.10. The van der Waals surface area contributed by atoms with Gasteiger partial charge in [0.2, 0.25) is 0 Å². The van der Waals surface area contributed by atoms with Crippen LogP contribution in [0.1, 0.15) is 5.56 Å². The molecule has 7 heteroatoms. The molecular formula is C9H7BrF3NO2. The van der Waals surface area contributed by atoms with Crippen LogP contribution >= 0.6 is 15.9 Å². The molecular weight excluding hydrogens is 291 g/mol. The van der Waals surface area contributed by atoms with E-state index in [2.05, 4.69) is 21.2 Å². The van der Waals surface area contributed by atoms with E-state index in [-0.39, 0.29) is 5.69 Å². The van der Waals surface area contributed by atoms with Gasteiger partial charge in [-0.05, 0) is 18.2 Å². The zero-order valence-corrected chi connectivity index (χ0v) is 9.39. The fourth-order valence-corrected chi connectivity index (χ4v) is 1.44. The summed E-state index contributed by atoms with van der Waals surface area (Å²) in [6, 6.07) is 3.31. The maximum absolute atomic E-state index is 12.5. The number of halogens is 4. The summed E-state index contributed by atoms with van der Waals surface area (Å²) in [5.41, 5.74) is -1.15. The molecule has 0 atom stereocenters. The van der Waals surface area contributed by atoms with Crippen LogP contribution < -0.4 is 5.32 Å². The number of benzene rings is 1. The van der Waals surface area contributed by atoms with Gasteiger partial charge in [0.1, 0.15) is 6.54 Å². The SMILES string of the molecule is O=C(O)CNc1cc(Br)ccc1C(F)(F)F. The second-order valence-electron chi connectivity index (χ2n) is 2.93. The monoisotopic (exact) mass is 297 g/mol. The molecule has 0 unspecified atom stereocenters. The van der Waals surface area contributed by atoms with Gasteiger partial charge in [0.05, 0.1) is 5.56 Å². The molecule has 0 aromatic heterocycles. The molecule has 16 heavy (non-hydrogen) atoms. The lowest BCUT2D eigenvalue weighted by Crippen LogP contribution is -2.16. The number of hydrogen-bond acceptors (Lipinski definition) is 2. The molecule has 3 nitrogen and oxygen atoms in total. The normalized spacial score (nSPS) is 11.2. The summed E-state index contributed by atoms with van der Waals surface area (Å²) < 4.78 is 37.9. The molecule has 0 saturated heterocycles. The Morgan fingerprint density at radius 2 is 2.06 bits per heavy atom. The highest BCUT2D eigenvalue weighted by Gasteiger charge is 2.33. The van der Waals surface area contributed by atoms with Crippen LogP contribution in [0.5, 0.6) is 0 Å². The van der Waals surface area contributed by atoms with Crippen LogP contribution in [0.15, 0.2) is 22.7 Å². The second-order valence-corrected chi connectivity index (χ2v) is 3.85. The molecule has 0 aliphatic carbocycles. The van der Waals surface area contributed by atoms with Crippen LogP contribution in [0.3, 0.4) is 0 Å². The van der Waals surface area contributed by atoms with Crippen molar-refractivity contribution in [3.8, 4) is 0 Å². The molecule has 1 rings (SSSR count). The van der Waals surface area contributed by atoms with Gasteiger partial charge in [-0.15, -0.1) is 0 Å². The quantitative estimate of drug-likeness (QED) is 0.902. The number of aliphatic carboxylic acids is 1. The van der Waals surface area contributed by atoms with Crippen LogP contribution in [-0.4, -0.2) is 17.6 Å². The van der Waals surface area contributed by atoms with Crippen LogP contribution in [-0.2, 0) is 11.0 Å². The van der Waals surface area contributed by atoms with E-state index in [0.717, 1.165) is 6.07 Å². The maximum Gasteiger partial charge on any atom is 0.418 e. The van der Waals surface area contributed by atoms with Crippen LogP contribution in [0.25, 0.3) is 0 Å². The molecule has 0 amide bonds. The summed E-state index contributed by atoms with van der Waals surface area (Å²) in [6.07, 6.45) is -4.51. The molecule has 0 aliphatic rings. The van der Waals surface area contributed by atoms with E-state index >= 15 is 0 Å². The van der Waals surface area contributed by atoms with Gasteiger partial charge in [0, 0.05) is 10.2 Å². The molecule has 0 fully saturated rings. The fourth-order valence-electron chi connectivity index (χ4n) is 1.08. The Bertz CT molecular complexity index is 406. The van der Waals surface area contributed by atoms with Crippen molar-refractivity contribution in [1.82, 2.24) is 0 Å². The van der Waals surface area contributed by atoms with Crippen molar-refractivity contribution in [3.05, 3.63) is 28.2 Å². The molecule has 0 heterocycles. The van der Waals surface area contributed by atoms with Crippen LogP contribution in [0.4, 0.5) is 18.9 Å². The molecule has 0 aliphatic heterocycles. The molecule has 2 N–H and O–H groups in total. The third-order valence-electron chi connectivity index (χ3n) is 1.72. The van der Waals surface area contributed by atoms with Gasteiger partial charge in [0.15, 0.2) is 0 Å². The van der Waals surface area contributed by atoms with Crippen molar-refractivity contribution in [1.29, 1.82) is 0 Å². The van der Waals surface area contributed by atoms with E-state index < -0.39 is 24.3 Å². The van der Waals surface area contributed by atoms with Gasteiger partial charge in [0.25, 0.3) is 0 Å². The van der Waals surface area contributed by atoms with Gasteiger partial charge in [-0.1, -0.05) is 15.9 Å². The van der Waals surface area contributed by atoms with Gasteiger partial charge in [-0.2, -0.15) is 13.2 Å². The number of rotatable bonds is 3. The average Bonchev–Trinajstić information content (AvgIpc) is 2.12. The molecule has 0 spiro atoms. The minimum Gasteiger partial charge on any atom is -0.480 e. The van der Waals surface area contributed by atoms with Gasteiger partial charge in [-0.25, -0.2) is 0 Å². The predicted octanol–water partition coefficient (Wildman–Crippen LogP) is 2.96. The third-order valence-corrected chi connectivity index (χ3v) is 2.21. The van der Waals surface area contributed by atoms with Crippen molar-refractivity contribution in [3.63, 3.8) is 0 Å². The zero-order valence-electron chi connectivity index (χ0n) is 7.81. The molecule has 0 radical (unpaired) electrons. The first-order valence-corrected chi connectivity index (χ1v) is 4.92. The third kappa shape index (κ3) is 3.41. The first-order chi connectivity index (χ1) is 7.30. The standard InChI is InChI=1S/C9H7BrF3NO2/c10-5-1-2-6(9(11,12)13)7(3-5)14-4-8(15)16/h1-3,14H,4H2,(H,15,16). The summed E-state index contributed by atoms with van der Waals surface area (Å²) in [4.78, 5) is 10.3. The first kappa shape index (κ1) is 12.8. The molecule has 0 saturated carbocycles. The average molecular weight is 298 g/mol. The fraction of sp³-hybridized carbons (Fsp3) is 0.222. The molecule has 88 valence electrons. The molecule has 0 bridgehead atoms. The lowest BCUT2D eigenvalue weighted by atomic mass is 10.1. The molecule has 1 aromatic carbocycles. The summed E-state index contributed by atoms with van der Waals surface area (Å²) in [6.45, 7) is -0.570. The van der Waals surface area contributed by atoms with Crippen molar-refractivity contribution in [2.45, 2.75) is 6.18 Å². The lowest BCUT2D eigenvalue weighted by Gasteiger charge is -2.13. The van der Waals surface area contributed by atoms with Crippen molar-refractivity contribution >= 4 is 27.6 Å². The van der Waals surface area contributed by atoms with Crippen LogP contribution in [0.2, 0.25) is 0 Å². The summed E-state index contributed by atoms with van der Waals surface area (Å²) in [5, 5.41) is 10.6. The van der Waals surface area contributed by atoms with Gasteiger partial charge >= 0.3 is 12.1 Å². The minimum absolute atomic E-state index is 0.260. The Balaban J connectivity index is 3.04. The van der Waals surface area contributed by atoms with Crippen molar-refractivity contribution in [2.75, 3.05) is 11.9 Å². The largest absolute Gasteiger partial charge is 0.480 e. The van der Waals surface area contributed by atoms with Gasteiger partial charge in [-0.3, -0.25) is 4.79 Å². The number of alkyl halides is 3. The Hall–Kier alpha value is -1.24. The number of anilines is 1. The highest BCUT2D eigenvalue weighted by Crippen LogP contribution is 2.36. The Morgan fingerprint density at radius 1 is 1.44 bits per heavy atom. The highest BCUT2D eigenvalue weighted by atomic mass is 79.9. The van der Waals surface area contributed by atoms with Crippen molar-refractivity contribution in [2.24, 2.45) is 0 Å². The zero-order chi connectivity index (χ0) is 12.3.